The lowest BCUT2D eigenvalue weighted by atomic mass is 10.0. The van der Waals surface area contributed by atoms with Crippen LogP contribution in [0.1, 0.15) is 27.7 Å². The highest BCUT2D eigenvalue weighted by atomic mass is 16.5. The molecule has 1 atom stereocenters. The summed E-state index contributed by atoms with van der Waals surface area (Å²) in [7, 11) is 1.58. The molecule has 2 aromatic carbocycles. The molecule has 1 heterocycles. The van der Waals surface area contributed by atoms with Crippen LogP contribution in [0.15, 0.2) is 77.4 Å². The molecule has 0 aliphatic heterocycles. The van der Waals surface area contributed by atoms with Crippen molar-refractivity contribution in [2.24, 2.45) is 0 Å². The number of ether oxygens (including phenoxy) is 1. The topological polar surface area (TPSA) is 51.5 Å². The Balaban J connectivity index is 1.88. The lowest BCUT2D eigenvalue weighted by molar-refractivity contribution is 0.0938. The first-order valence-corrected chi connectivity index (χ1v) is 7.31. The summed E-state index contributed by atoms with van der Waals surface area (Å²) in [5, 5.41) is 3.02. The minimum Gasteiger partial charge on any atom is -0.497 e. The highest BCUT2D eigenvalue weighted by Crippen LogP contribution is 2.23. The van der Waals surface area contributed by atoms with Crippen LogP contribution in [-0.2, 0) is 0 Å². The molecule has 1 aromatic heterocycles. The van der Waals surface area contributed by atoms with Crippen LogP contribution in [0.2, 0.25) is 0 Å². The van der Waals surface area contributed by atoms with Gasteiger partial charge in [0.25, 0.3) is 5.91 Å². The molecule has 3 aromatic rings. The molecule has 4 heteroatoms. The third-order valence-corrected chi connectivity index (χ3v) is 3.57. The molecule has 0 aliphatic rings. The number of amides is 1. The van der Waals surface area contributed by atoms with Crippen LogP contribution in [0.5, 0.6) is 5.75 Å². The molecule has 23 heavy (non-hydrogen) atoms. The first-order valence-electron chi connectivity index (χ1n) is 7.31. The number of benzene rings is 2. The van der Waals surface area contributed by atoms with Crippen LogP contribution in [0.3, 0.4) is 0 Å². The summed E-state index contributed by atoms with van der Waals surface area (Å²) in [6.07, 6.45) is 1.60. The van der Waals surface area contributed by atoms with Crippen LogP contribution < -0.4 is 10.1 Å². The zero-order chi connectivity index (χ0) is 16.1. The molecule has 0 saturated carbocycles. The number of methoxy groups -OCH3 is 1. The number of carbonyl (C=O) groups is 1. The van der Waals surface area contributed by atoms with Gasteiger partial charge >= 0.3 is 0 Å². The predicted octanol–water partition coefficient (Wildman–Crippen LogP) is 3.81. The Morgan fingerprint density at radius 1 is 1.04 bits per heavy atom. The summed E-state index contributed by atoms with van der Waals surface area (Å²) in [6.45, 7) is 0. The van der Waals surface area contributed by atoms with E-state index in [4.69, 9.17) is 9.15 Å². The average Bonchev–Trinajstić information content (AvgIpc) is 3.14. The summed E-state index contributed by atoms with van der Waals surface area (Å²) < 4.78 is 10.7. The van der Waals surface area contributed by atoms with E-state index in [-0.39, 0.29) is 11.9 Å². The van der Waals surface area contributed by atoms with Gasteiger partial charge in [0, 0.05) is 5.56 Å². The summed E-state index contributed by atoms with van der Waals surface area (Å²) >= 11 is 0. The van der Waals surface area contributed by atoms with E-state index in [1.165, 1.54) is 0 Å². The minimum atomic E-state index is -0.343. The monoisotopic (exact) mass is 307 g/mol. The maximum atomic E-state index is 12.6. The van der Waals surface area contributed by atoms with E-state index in [1.807, 2.05) is 42.5 Å². The molecule has 0 saturated heterocycles. The van der Waals surface area contributed by atoms with Crippen LogP contribution in [0.25, 0.3) is 0 Å². The minimum absolute atomic E-state index is 0.186. The molecule has 3 rings (SSSR count). The second-order valence-electron chi connectivity index (χ2n) is 5.06. The van der Waals surface area contributed by atoms with Crippen molar-refractivity contribution in [2.45, 2.75) is 6.04 Å². The van der Waals surface area contributed by atoms with E-state index in [2.05, 4.69) is 5.32 Å². The Kier molecular flexibility index (Phi) is 4.43. The van der Waals surface area contributed by atoms with Crippen molar-refractivity contribution in [1.82, 2.24) is 5.32 Å². The van der Waals surface area contributed by atoms with E-state index in [0.717, 1.165) is 5.56 Å². The maximum Gasteiger partial charge on any atom is 0.252 e. The van der Waals surface area contributed by atoms with E-state index >= 15 is 0 Å². The molecule has 0 fully saturated rings. The van der Waals surface area contributed by atoms with Gasteiger partial charge in [-0.15, -0.1) is 0 Å². The fourth-order valence-electron chi connectivity index (χ4n) is 2.40. The predicted molar refractivity (Wildman–Crippen MR) is 87.5 cm³/mol. The van der Waals surface area contributed by atoms with Gasteiger partial charge in [0.05, 0.1) is 13.4 Å². The van der Waals surface area contributed by atoms with Crippen LogP contribution in [0.4, 0.5) is 0 Å². The van der Waals surface area contributed by atoms with Gasteiger partial charge in [-0.25, -0.2) is 0 Å². The van der Waals surface area contributed by atoms with Crippen molar-refractivity contribution in [2.75, 3.05) is 7.11 Å². The third kappa shape index (κ3) is 3.43. The summed E-state index contributed by atoms with van der Waals surface area (Å²) in [4.78, 5) is 12.6. The molecule has 1 N–H and O–H groups in total. The van der Waals surface area contributed by atoms with Gasteiger partial charge in [0.1, 0.15) is 17.6 Å². The van der Waals surface area contributed by atoms with Gasteiger partial charge in [-0.3, -0.25) is 4.79 Å². The molecule has 0 unspecified atom stereocenters. The molecule has 0 bridgehead atoms. The Morgan fingerprint density at radius 2 is 1.87 bits per heavy atom. The fraction of sp³-hybridized carbons (Fsp3) is 0.105. The van der Waals surface area contributed by atoms with E-state index in [0.29, 0.717) is 17.1 Å². The van der Waals surface area contributed by atoms with Gasteiger partial charge in [-0.05, 0) is 35.9 Å². The second kappa shape index (κ2) is 6.83. The van der Waals surface area contributed by atoms with Crippen molar-refractivity contribution >= 4 is 5.91 Å². The summed E-state index contributed by atoms with van der Waals surface area (Å²) in [6, 6.07) is 20.1. The van der Waals surface area contributed by atoms with Gasteiger partial charge in [-0.1, -0.05) is 36.4 Å². The average molecular weight is 307 g/mol. The van der Waals surface area contributed by atoms with Crippen molar-refractivity contribution in [3.63, 3.8) is 0 Å². The molecule has 4 nitrogen and oxygen atoms in total. The number of nitrogens with one attached hydrogen (secondary N) is 1. The molecule has 0 spiro atoms. The zero-order valence-electron chi connectivity index (χ0n) is 12.7. The van der Waals surface area contributed by atoms with Crippen LogP contribution in [-0.4, -0.2) is 13.0 Å². The highest BCUT2D eigenvalue weighted by Gasteiger charge is 2.20. The zero-order valence-corrected chi connectivity index (χ0v) is 12.7. The molecular formula is C19H17NO3. The third-order valence-electron chi connectivity index (χ3n) is 3.57. The van der Waals surface area contributed by atoms with Crippen LogP contribution in [0, 0.1) is 0 Å². The van der Waals surface area contributed by atoms with E-state index in [1.54, 1.807) is 37.6 Å². The Labute approximate surface area is 134 Å². The first kappa shape index (κ1) is 14.9. The van der Waals surface area contributed by atoms with E-state index in [9.17, 15) is 4.79 Å². The number of carbonyl (C=O) groups excluding carboxylic acids is 1. The number of hydrogen-bond acceptors (Lipinski definition) is 3. The molecule has 1 amide bonds. The number of hydrogen-bond donors (Lipinski definition) is 1. The summed E-state index contributed by atoms with van der Waals surface area (Å²) in [5.41, 5.74) is 1.50. The second-order valence-corrected chi connectivity index (χ2v) is 5.06. The number of furan rings is 1. The summed E-state index contributed by atoms with van der Waals surface area (Å²) in [5.74, 6) is 1.15. The molecule has 116 valence electrons. The molecule has 0 aliphatic carbocycles. The normalized spacial score (nSPS) is 11.7. The lowest BCUT2D eigenvalue weighted by Crippen LogP contribution is -2.29. The standard InChI is InChI=1S/C19H17NO3/c1-22-16-10-5-9-15(13-16)19(21)20-18(17-11-6-12-23-17)14-7-3-2-4-8-14/h2-13,18H,1H3,(H,20,21)/t18-/m0/s1. The van der Waals surface area contributed by atoms with Crippen molar-refractivity contribution in [1.29, 1.82) is 0 Å². The van der Waals surface area contributed by atoms with Crippen molar-refractivity contribution in [3.8, 4) is 5.75 Å². The maximum absolute atomic E-state index is 12.6. The SMILES string of the molecule is COc1cccc(C(=O)N[C@@H](c2ccccc2)c2ccco2)c1. The largest absolute Gasteiger partial charge is 0.497 e. The lowest BCUT2D eigenvalue weighted by Gasteiger charge is -2.17. The van der Waals surface area contributed by atoms with Gasteiger partial charge in [0.2, 0.25) is 0 Å². The Hall–Kier alpha value is -3.01. The van der Waals surface area contributed by atoms with Gasteiger partial charge in [0.15, 0.2) is 0 Å². The highest BCUT2D eigenvalue weighted by molar-refractivity contribution is 5.95. The molecular weight excluding hydrogens is 290 g/mol. The smallest absolute Gasteiger partial charge is 0.252 e. The van der Waals surface area contributed by atoms with E-state index < -0.39 is 0 Å². The Bertz CT molecular complexity index is 766. The number of rotatable bonds is 5. The van der Waals surface area contributed by atoms with Gasteiger partial charge in [-0.2, -0.15) is 0 Å². The molecule has 0 radical (unpaired) electrons. The quantitative estimate of drug-likeness (QED) is 0.780. The first-order chi connectivity index (χ1) is 11.3. The van der Waals surface area contributed by atoms with Crippen LogP contribution >= 0.6 is 0 Å². The fourth-order valence-corrected chi connectivity index (χ4v) is 2.40. The van der Waals surface area contributed by atoms with Crippen molar-refractivity contribution in [3.05, 3.63) is 89.9 Å². The Morgan fingerprint density at radius 3 is 2.57 bits per heavy atom. The van der Waals surface area contributed by atoms with Crippen molar-refractivity contribution < 1.29 is 13.9 Å². The van der Waals surface area contributed by atoms with Gasteiger partial charge < -0.3 is 14.5 Å².